The quantitative estimate of drug-likeness (QED) is 0.231. The zero-order chi connectivity index (χ0) is 22.9. The Morgan fingerprint density at radius 2 is 2.06 bits per heavy atom. The van der Waals surface area contributed by atoms with Crippen molar-refractivity contribution in [3.8, 4) is 0 Å². The minimum atomic E-state index is -1.96. The molecule has 3 saturated carbocycles. The van der Waals surface area contributed by atoms with E-state index in [2.05, 4.69) is 10.3 Å². The summed E-state index contributed by atoms with van der Waals surface area (Å²) in [6.07, 6.45) is 6.78. The lowest BCUT2D eigenvalue weighted by Gasteiger charge is -2.64. The number of aldehydes is 1. The van der Waals surface area contributed by atoms with Gasteiger partial charge in [0.25, 0.3) is 5.96 Å². The van der Waals surface area contributed by atoms with Crippen molar-refractivity contribution in [1.29, 1.82) is 0 Å². The second kappa shape index (κ2) is 7.37. The van der Waals surface area contributed by atoms with E-state index < -0.39 is 22.9 Å². The molecule has 8 nitrogen and oxygen atoms in total. The summed E-state index contributed by atoms with van der Waals surface area (Å²) in [4.78, 5) is 30.3. The molecule has 2 spiro atoms. The summed E-state index contributed by atoms with van der Waals surface area (Å²) < 4.78 is 0. The van der Waals surface area contributed by atoms with Crippen LogP contribution >= 0.6 is 0 Å². The first kappa shape index (κ1) is 22.0. The molecule has 5 aliphatic rings. The molecule has 4 fully saturated rings. The van der Waals surface area contributed by atoms with Gasteiger partial charge in [-0.1, -0.05) is 12.0 Å². The van der Waals surface area contributed by atoms with E-state index >= 15 is 0 Å². The largest absolute Gasteiger partial charge is 0.545 e. The van der Waals surface area contributed by atoms with Crippen molar-refractivity contribution in [2.75, 3.05) is 33.7 Å². The lowest BCUT2D eigenvalue weighted by molar-refractivity contribution is -0.829. The molecule has 8 heteroatoms. The molecule has 32 heavy (non-hydrogen) atoms. The molecule has 0 aromatic rings. The van der Waals surface area contributed by atoms with Crippen LogP contribution in [0.3, 0.4) is 0 Å². The van der Waals surface area contributed by atoms with Gasteiger partial charge in [-0.3, -0.25) is 9.69 Å². The van der Waals surface area contributed by atoms with Crippen LogP contribution in [0.25, 0.3) is 0 Å². The highest BCUT2D eigenvalue weighted by Crippen LogP contribution is 2.80. The first-order valence-corrected chi connectivity index (χ1v) is 12.2. The maximum Gasteiger partial charge on any atom is 0.293 e. The van der Waals surface area contributed by atoms with Crippen LogP contribution in [0.1, 0.15) is 44.9 Å². The lowest BCUT2D eigenvalue weighted by atomic mass is 9.40. The second-order valence-corrected chi connectivity index (χ2v) is 10.8. The van der Waals surface area contributed by atoms with E-state index in [-0.39, 0.29) is 16.9 Å². The van der Waals surface area contributed by atoms with Gasteiger partial charge >= 0.3 is 0 Å². The third-order valence-electron chi connectivity index (χ3n) is 10.3. The zero-order valence-corrected chi connectivity index (χ0v) is 19.2. The molecule has 1 saturated heterocycles. The maximum atomic E-state index is 12.4. The predicted octanol–water partition coefficient (Wildman–Crippen LogP) is -1.75. The van der Waals surface area contributed by atoms with Crippen LogP contribution in [0, 0.1) is 34.5 Å². The number of guanidine groups is 1. The minimum Gasteiger partial charge on any atom is -0.545 e. The number of nitrogens with two attached hydrogens (primary N) is 1. The number of carboxylic acid groups (broad SMARTS) is 1. The van der Waals surface area contributed by atoms with Crippen molar-refractivity contribution >= 4 is 18.2 Å². The van der Waals surface area contributed by atoms with Gasteiger partial charge in [0.15, 0.2) is 6.29 Å². The molecular formula is C24H36N4O4. The number of hydrogen-bond donors (Lipinski definition) is 4. The first-order valence-electron chi connectivity index (χ1n) is 12.2. The molecule has 5 rings (SSSR count). The predicted molar refractivity (Wildman–Crippen MR) is 116 cm³/mol. The van der Waals surface area contributed by atoms with Gasteiger partial charge in [0.2, 0.25) is 0 Å². The van der Waals surface area contributed by atoms with E-state index in [1.54, 1.807) is 7.05 Å². The molecule has 0 amide bonds. The molecule has 0 aromatic carbocycles. The molecule has 4 aliphatic carbocycles. The Balaban J connectivity index is 1.80. The number of rotatable bonds is 4. The van der Waals surface area contributed by atoms with Gasteiger partial charge < -0.3 is 26.1 Å². The normalized spacial score (nSPS) is 47.6. The number of aliphatic hydroxyl groups is 1. The smallest absolute Gasteiger partial charge is 0.293 e. The average Bonchev–Trinajstić information content (AvgIpc) is 3.07. The Morgan fingerprint density at radius 1 is 1.31 bits per heavy atom. The first-order chi connectivity index (χ1) is 15.3. The Bertz CT molecular complexity index is 902. The monoisotopic (exact) mass is 444 g/mol. The average molecular weight is 445 g/mol. The number of quaternary nitrogens is 1. The number of nitrogens with one attached hydrogen (secondary N) is 2. The third-order valence-corrected chi connectivity index (χ3v) is 10.3. The lowest BCUT2D eigenvalue weighted by Crippen LogP contribution is -3.19. The summed E-state index contributed by atoms with van der Waals surface area (Å²) in [5, 5.41) is 27.5. The van der Waals surface area contributed by atoms with Crippen molar-refractivity contribution < 1.29 is 24.7 Å². The van der Waals surface area contributed by atoms with Crippen LogP contribution in [0.2, 0.25) is 0 Å². The number of carbonyl (C=O) groups is 2. The number of allylic oxidation sites excluding steroid dienone is 1. The Hall–Kier alpha value is -1.77. The van der Waals surface area contributed by atoms with E-state index in [9.17, 15) is 19.8 Å². The number of carboxylic acids is 1. The van der Waals surface area contributed by atoms with Gasteiger partial charge in [-0.2, -0.15) is 0 Å². The molecule has 1 aliphatic heterocycles. The molecule has 0 aromatic heterocycles. The molecule has 176 valence electrons. The van der Waals surface area contributed by atoms with Crippen molar-refractivity contribution in [3.63, 3.8) is 0 Å². The van der Waals surface area contributed by atoms with Crippen LogP contribution in [0.5, 0.6) is 0 Å². The van der Waals surface area contributed by atoms with Crippen LogP contribution < -0.4 is 21.1 Å². The van der Waals surface area contributed by atoms with Crippen LogP contribution in [-0.4, -0.2) is 62.7 Å². The Labute approximate surface area is 189 Å². The number of likely N-dealkylation sites (tertiary alicyclic amines) is 1. The van der Waals surface area contributed by atoms with Gasteiger partial charge in [0.1, 0.15) is 5.60 Å². The van der Waals surface area contributed by atoms with Crippen molar-refractivity contribution in [1.82, 2.24) is 5.32 Å². The van der Waals surface area contributed by atoms with E-state index in [0.717, 1.165) is 62.2 Å². The number of piperidine rings is 1. The van der Waals surface area contributed by atoms with Gasteiger partial charge in [-0.15, -0.1) is 0 Å². The van der Waals surface area contributed by atoms with Crippen LogP contribution in [0.15, 0.2) is 16.1 Å². The SMILES string of the molecule is CN=C(N)[NH+]1CC[C@@H](CNC)[C@@]2(C1)[C@@H]1CC[C@H]3CCC[C@H]4[C@@]32C(=C(C(=O)[O-])[C@]4(O)C=O)C1. The summed E-state index contributed by atoms with van der Waals surface area (Å²) in [7, 11) is 3.69. The van der Waals surface area contributed by atoms with E-state index in [0.29, 0.717) is 36.9 Å². The molecule has 1 unspecified atom stereocenters. The van der Waals surface area contributed by atoms with Crippen molar-refractivity contribution in [2.45, 2.75) is 50.5 Å². The number of aliphatic imine (C=N–C) groups is 1. The molecule has 2 bridgehead atoms. The van der Waals surface area contributed by atoms with Crippen molar-refractivity contribution in [2.24, 2.45) is 45.2 Å². The van der Waals surface area contributed by atoms with Crippen LogP contribution in [0.4, 0.5) is 0 Å². The Kier molecular flexibility index (Phi) is 5.08. The summed E-state index contributed by atoms with van der Waals surface area (Å²) in [6.45, 7) is 2.50. The maximum absolute atomic E-state index is 12.4. The van der Waals surface area contributed by atoms with Gasteiger partial charge in [-0.05, 0) is 63.5 Å². The van der Waals surface area contributed by atoms with E-state index in [1.165, 1.54) is 0 Å². The van der Waals surface area contributed by atoms with Gasteiger partial charge in [-0.25, -0.2) is 4.99 Å². The van der Waals surface area contributed by atoms with Gasteiger partial charge in [0, 0.05) is 35.8 Å². The topological polar surface area (TPSA) is 132 Å². The summed E-state index contributed by atoms with van der Waals surface area (Å²) in [6, 6.07) is 0. The van der Waals surface area contributed by atoms with E-state index in [4.69, 9.17) is 5.73 Å². The molecular weight excluding hydrogens is 408 g/mol. The summed E-state index contributed by atoms with van der Waals surface area (Å²) in [5.41, 5.74) is 4.40. The second-order valence-electron chi connectivity index (χ2n) is 10.8. The fourth-order valence-corrected chi connectivity index (χ4v) is 9.60. The number of aliphatic carboxylic acids is 1. The van der Waals surface area contributed by atoms with Crippen molar-refractivity contribution in [3.05, 3.63) is 11.1 Å². The highest BCUT2D eigenvalue weighted by Gasteiger charge is 2.80. The number of nitrogens with zero attached hydrogens (tertiary/aromatic N) is 1. The highest BCUT2D eigenvalue weighted by molar-refractivity contribution is 5.97. The van der Waals surface area contributed by atoms with Crippen LogP contribution in [-0.2, 0) is 9.59 Å². The molecule has 1 heterocycles. The number of carbonyl (C=O) groups excluding carboxylic acids is 2. The Morgan fingerprint density at radius 3 is 2.72 bits per heavy atom. The number of hydrogen-bond acceptors (Lipinski definition) is 6. The summed E-state index contributed by atoms with van der Waals surface area (Å²) >= 11 is 0. The molecule has 5 N–H and O–H groups in total. The molecule has 0 radical (unpaired) electrons. The highest BCUT2D eigenvalue weighted by atomic mass is 16.4. The minimum absolute atomic E-state index is 0.111. The fraction of sp³-hybridized carbons (Fsp3) is 0.792. The van der Waals surface area contributed by atoms with Gasteiger partial charge in [0.05, 0.1) is 19.1 Å². The third kappa shape index (κ3) is 2.36. The molecule has 8 atom stereocenters. The zero-order valence-electron chi connectivity index (χ0n) is 19.2. The summed E-state index contributed by atoms with van der Waals surface area (Å²) in [5.74, 6) is -0.274. The standard InChI is InChI=1S/C24H36N4O4/c1-26-11-16-8-9-28(21(25)27-2)12-22(16)15-7-6-14-4-3-5-18-23(32,13-29)19(20(30)31)17(10-15)24(14,18)22/h13-16,18,26,32H,3-12H2,1-2H3,(H2,25,27)(H,30,31)/t14-,15-,16+,18-,22-,23+,24+/m1/s1. The van der Waals surface area contributed by atoms with E-state index in [1.807, 2.05) is 7.05 Å². The fourth-order valence-electron chi connectivity index (χ4n) is 9.60.